The highest BCUT2D eigenvalue weighted by Gasteiger charge is 2.22. The molecule has 1 aliphatic heterocycles. The first-order valence-electron chi connectivity index (χ1n) is 6.04. The lowest BCUT2D eigenvalue weighted by Gasteiger charge is -2.38. The standard InChI is InChI=1S/C13H19N3O/c1-11(17)15-10-13-9-14-7-8-16(13)12-5-3-2-4-6-12/h2-6,13-14H,7-10H2,1H3,(H,15,17). The van der Waals surface area contributed by atoms with E-state index >= 15 is 0 Å². The van der Waals surface area contributed by atoms with Crippen LogP contribution in [-0.2, 0) is 4.79 Å². The largest absolute Gasteiger partial charge is 0.364 e. The second kappa shape index (κ2) is 5.68. The van der Waals surface area contributed by atoms with E-state index in [9.17, 15) is 4.79 Å². The normalized spacial score (nSPS) is 20.1. The Morgan fingerprint density at radius 3 is 2.94 bits per heavy atom. The lowest BCUT2D eigenvalue weighted by atomic mass is 10.1. The molecule has 4 heteroatoms. The molecule has 0 spiro atoms. The molecular formula is C13H19N3O. The number of nitrogens with one attached hydrogen (secondary N) is 2. The number of nitrogens with zero attached hydrogens (tertiary/aromatic N) is 1. The average molecular weight is 233 g/mol. The van der Waals surface area contributed by atoms with Gasteiger partial charge in [0.15, 0.2) is 0 Å². The molecule has 1 saturated heterocycles. The van der Waals surface area contributed by atoms with Crippen LogP contribution < -0.4 is 15.5 Å². The van der Waals surface area contributed by atoms with Gasteiger partial charge in [-0.25, -0.2) is 0 Å². The molecule has 2 rings (SSSR count). The van der Waals surface area contributed by atoms with Crippen molar-refractivity contribution in [3.63, 3.8) is 0 Å². The van der Waals surface area contributed by atoms with Crippen LogP contribution in [0.2, 0.25) is 0 Å². The maximum absolute atomic E-state index is 11.0. The summed E-state index contributed by atoms with van der Waals surface area (Å²) in [5, 5.41) is 6.26. The van der Waals surface area contributed by atoms with Crippen molar-refractivity contribution in [2.45, 2.75) is 13.0 Å². The topological polar surface area (TPSA) is 44.4 Å². The summed E-state index contributed by atoms with van der Waals surface area (Å²) in [6.07, 6.45) is 0. The van der Waals surface area contributed by atoms with Gasteiger partial charge in [0.2, 0.25) is 5.91 Å². The van der Waals surface area contributed by atoms with E-state index in [1.807, 2.05) is 18.2 Å². The van der Waals surface area contributed by atoms with Crippen LogP contribution in [0.25, 0.3) is 0 Å². The Balaban J connectivity index is 2.04. The minimum Gasteiger partial charge on any atom is -0.364 e. The fraction of sp³-hybridized carbons (Fsp3) is 0.462. The fourth-order valence-corrected chi connectivity index (χ4v) is 2.16. The molecule has 4 nitrogen and oxygen atoms in total. The van der Waals surface area contributed by atoms with Crippen molar-refractivity contribution >= 4 is 11.6 Å². The molecule has 92 valence electrons. The van der Waals surface area contributed by atoms with Gasteiger partial charge in [0.05, 0.1) is 6.04 Å². The Hall–Kier alpha value is -1.55. The van der Waals surface area contributed by atoms with E-state index in [1.165, 1.54) is 5.69 Å². The van der Waals surface area contributed by atoms with Crippen molar-refractivity contribution in [1.82, 2.24) is 10.6 Å². The number of para-hydroxylation sites is 1. The van der Waals surface area contributed by atoms with Crippen molar-refractivity contribution in [3.8, 4) is 0 Å². The second-order valence-corrected chi connectivity index (χ2v) is 4.32. The van der Waals surface area contributed by atoms with Crippen LogP contribution in [0.5, 0.6) is 0 Å². The molecule has 1 fully saturated rings. The second-order valence-electron chi connectivity index (χ2n) is 4.32. The van der Waals surface area contributed by atoms with Crippen molar-refractivity contribution in [3.05, 3.63) is 30.3 Å². The minimum atomic E-state index is 0.0311. The third kappa shape index (κ3) is 3.20. The zero-order valence-corrected chi connectivity index (χ0v) is 10.1. The third-order valence-corrected chi connectivity index (χ3v) is 3.02. The summed E-state index contributed by atoms with van der Waals surface area (Å²) in [4.78, 5) is 13.3. The van der Waals surface area contributed by atoms with Gasteiger partial charge in [0.1, 0.15) is 0 Å². The lowest BCUT2D eigenvalue weighted by Crippen LogP contribution is -2.55. The van der Waals surface area contributed by atoms with Gasteiger partial charge in [-0.2, -0.15) is 0 Å². The Morgan fingerprint density at radius 1 is 1.47 bits per heavy atom. The smallest absolute Gasteiger partial charge is 0.216 e. The van der Waals surface area contributed by atoms with Gasteiger partial charge in [0.25, 0.3) is 0 Å². The summed E-state index contributed by atoms with van der Waals surface area (Å²) in [5.74, 6) is 0.0311. The summed E-state index contributed by atoms with van der Waals surface area (Å²) in [6.45, 7) is 5.13. The minimum absolute atomic E-state index is 0.0311. The summed E-state index contributed by atoms with van der Waals surface area (Å²) < 4.78 is 0. The summed E-state index contributed by atoms with van der Waals surface area (Å²) in [7, 11) is 0. The molecule has 0 aliphatic carbocycles. The molecule has 1 aliphatic rings. The summed E-state index contributed by atoms with van der Waals surface area (Å²) >= 11 is 0. The highest BCUT2D eigenvalue weighted by molar-refractivity contribution is 5.72. The first kappa shape index (κ1) is 11.9. The number of piperazine rings is 1. The number of rotatable bonds is 3. The van der Waals surface area contributed by atoms with Gasteiger partial charge in [-0.05, 0) is 12.1 Å². The number of anilines is 1. The summed E-state index contributed by atoms with van der Waals surface area (Å²) in [6, 6.07) is 10.7. The molecule has 1 heterocycles. The van der Waals surface area contributed by atoms with E-state index in [1.54, 1.807) is 6.92 Å². The van der Waals surface area contributed by atoms with Crippen molar-refractivity contribution in [2.75, 3.05) is 31.1 Å². The van der Waals surface area contributed by atoms with Gasteiger partial charge in [-0.15, -0.1) is 0 Å². The van der Waals surface area contributed by atoms with Crippen molar-refractivity contribution in [2.24, 2.45) is 0 Å². The van der Waals surface area contributed by atoms with Gasteiger partial charge in [0, 0.05) is 38.8 Å². The molecule has 1 aromatic carbocycles. The van der Waals surface area contributed by atoms with E-state index in [0.717, 1.165) is 19.6 Å². The molecule has 0 radical (unpaired) electrons. The predicted molar refractivity (Wildman–Crippen MR) is 69.1 cm³/mol. The molecule has 0 aromatic heterocycles. The van der Waals surface area contributed by atoms with Gasteiger partial charge in [-0.1, -0.05) is 18.2 Å². The van der Waals surface area contributed by atoms with Gasteiger partial charge < -0.3 is 15.5 Å². The predicted octanol–water partition coefficient (Wildman–Crippen LogP) is 0.601. The third-order valence-electron chi connectivity index (χ3n) is 3.02. The Morgan fingerprint density at radius 2 is 2.24 bits per heavy atom. The first-order valence-corrected chi connectivity index (χ1v) is 6.04. The number of hydrogen-bond donors (Lipinski definition) is 2. The van der Waals surface area contributed by atoms with Crippen LogP contribution in [0.4, 0.5) is 5.69 Å². The number of hydrogen-bond acceptors (Lipinski definition) is 3. The molecule has 2 N–H and O–H groups in total. The quantitative estimate of drug-likeness (QED) is 0.803. The fourth-order valence-electron chi connectivity index (χ4n) is 2.16. The first-order chi connectivity index (χ1) is 8.27. The van der Waals surface area contributed by atoms with E-state index < -0.39 is 0 Å². The van der Waals surface area contributed by atoms with Crippen LogP contribution in [0, 0.1) is 0 Å². The maximum Gasteiger partial charge on any atom is 0.216 e. The highest BCUT2D eigenvalue weighted by atomic mass is 16.1. The molecule has 1 amide bonds. The zero-order valence-electron chi connectivity index (χ0n) is 10.1. The summed E-state index contributed by atoms with van der Waals surface area (Å²) in [5.41, 5.74) is 1.23. The van der Waals surface area contributed by atoms with Crippen LogP contribution >= 0.6 is 0 Å². The molecule has 0 saturated carbocycles. The Bertz CT molecular complexity index is 366. The Kier molecular flexibility index (Phi) is 3.98. The van der Waals surface area contributed by atoms with Crippen LogP contribution in [0.1, 0.15) is 6.92 Å². The number of carbonyl (C=O) groups excluding carboxylic acids is 1. The molecule has 0 bridgehead atoms. The van der Waals surface area contributed by atoms with E-state index in [-0.39, 0.29) is 5.91 Å². The van der Waals surface area contributed by atoms with Crippen LogP contribution in [-0.4, -0.2) is 38.1 Å². The zero-order chi connectivity index (χ0) is 12.1. The van der Waals surface area contributed by atoms with Gasteiger partial charge >= 0.3 is 0 Å². The van der Waals surface area contributed by atoms with Crippen molar-refractivity contribution in [1.29, 1.82) is 0 Å². The SMILES string of the molecule is CC(=O)NCC1CNCCN1c1ccccc1. The molecule has 1 unspecified atom stereocenters. The van der Waals surface area contributed by atoms with E-state index in [2.05, 4.69) is 27.7 Å². The van der Waals surface area contributed by atoms with Crippen molar-refractivity contribution < 1.29 is 4.79 Å². The molecular weight excluding hydrogens is 214 g/mol. The van der Waals surface area contributed by atoms with E-state index in [4.69, 9.17) is 0 Å². The molecule has 1 aromatic rings. The Labute approximate surface area is 102 Å². The maximum atomic E-state index is 11.0. The van der Waals surface area contributed by atoms with Crippen LogP contribution in [0.15, 0.2) is 30.3 Å². The number of benzene rings is 1. The highest BCUT2D eigenvalue weighted by Crippen LogP contribution is 2.17. The lowest BCUT2D eigenvalue weighted by molar-refractivity contribution is -0.119. The monoisotopic (exact) mass is 233 g/mol. The number of amides is 1. The average Bonchev–Trinajstić information content (AvgIpc) is 2.38. The van der Waals surface area contributed by atoms with Gasteiger partial charge in [-0.3, -0.25) is 4.79 Å². The number of carbonyl (C=O) groups is 1. The van der Waals surface area contributed by atoms with Crippen LogP contribution in [0.3, 0.4) is 0 Å². The molecule has 1 atom stereocenters. The van der Waals surface area contributed by atoms with E-state index in [0.29, 0.717) is 12.6 Å². The molecule has 17 heavy (non-hydrogen) atoms.